The molecule has 0 saturated heterocycles. The molecule has 3 fully saturated rings. The molecule has 0 aromatic rings. The van der Waals surface area contributed by atoms with Crippen molar-refractivity contribution < 1.29 is 0 Å². The average Bonchev–Trinajstić information content (AvgIpc) is 1.75. The Labute approximate surface area is 82.1 Å². The second-order valence-electron chi connectivity index (χ2n) is 7.47. The summed E-state index contributed by atoms with van der Waals surface area (Å²) in [6.45, 7) is 10.1. The first-order chi connectivity index (χ1) is 5.85. The summed E-state index contributed by atoms with van der Waals surface area (Å²) in [5, 5.41) is 0. The first-order valence-corrected chi connectivity index (χ1v) is 5.85. The lowest BCUT2D eigenvalue weighted by molar-refractivity contribution is -0.264. The fourth-order valence-corrected chi connectivity index (χ4v) is 6.03. The second kappa shape index (κ2) is 1.85. The molecule has 0 spiro atoms. The van der Waals surface area contributed by atoms with E-state index in [9.17, 15) is 0 Å². The predicted octanol–water partition coefficient (Wildman–Crippen LogP) is 3.86. The molecule has 3 aliphatic rings. The summed E-state index contributed by atoms with van der Waals surface area (Å²) >= 11 is 0. The van der Waals surface area contributed by atoms with Crippen molar-refractivity contribution in [2.45, 2.75) is 53.4 Å². The molecule has 0 aliphatic heterocycles. The Balaban J connectivity index is 1.96. The van der Waals surface area contributed by atoms with E-state index in [-0.39, 0.29) is 0 Å². The second-order valence-corrected chi connectivity index (χ2v) is 7.47. The molecule has 3 aliphatic carbocycles. The van der Waals surface area contributed by atoms with Crippen LogP contribution in [0.5, 0.6) is 0 Å². The van der Waals surface area contributed by atoms with Gasteiger partial charge >= 0.3 is 0 Å². The maximum atomic E-state index is 2.55. The number of hydrogen-bond donors (Lipinski definition) is 0. The lowest BCUT2D eigenvalue weighted by Gasteiger charge is -2.75. The van der Waals surface area contributed by atoms with E-state index in [1.165, 1.54) is 25.7 Å². The molecule has 2 atom stereocenters. The van der Waals surface area contributed by atoms with E-state index in [1.54, 1.807) is 0 Å². The van der Waals surface area contributed by atoms with Crippen molar-refractivity contribution in [1.82, 2.24) is 0 Å². The van der Waals surface area contributed by atoms with Crippen molar-refractivity contribution >= 4 is 0 Å². The molecule has 0 aromatic heterocycles. The van der Waals surface area contributed by atoms with Crippen molar-refractivity contribution in [1.29, 1.82) is 0 Å². The third-order valence-corrected chi connectivity index (χ3v) is 5.19. The summed E-state index contributed by atoms with van der Waals surface area (Å²) < 4.78 is 0. The zero-order valence-corrected chi connectivity index (χ0v) is 9.48. The lowest BCUT2D eigenvalue weighted by atomic mass is 9.29. The van der Waals surface area contributed by atoms with Crippen LogP contribution in [-0.4, -0.2) is 0 Å². The highest BCUT2D eigenvalue weighted by atomic mass is 14.7. The lowest BCUT2D eigenvalue weighted by Crippen LogP contribution is -2.67. The molecule has 3 rings (SSSR count). The summed E-state index contributed by atoms with van der Waals surface area (Å²) in [4.78, 5) is 0. The summed E-state index contributed by atoms with van der Waals surface area (Å²) in [6.07, 6.45) is 6.04. The monoisotopic (exact) mass is 178 g/mol. The topological polar surface area (TPSA) is 0 Å². The van der Waals surface area contributed by atoms with Crippen LogP contribution in [0.25, 0.3) is 0 Å². The summed E-state index contributed by atoms with van der Waals surface area (Å²) in [5.74, 6) is 2.24. The molecule has 0 heterocycles. The average molecular weight is 178 g/mol. The number of hydrogen-bond acceptors (Lipinski definition) is 0. The Morgan fingerprint density at radius 3 is 1.69 bits per heavy atom. The van der Waals surface area contributed by atoms with Crippen LogP contribution in [0.15, 0.2) is 0 Å². The fourth-order valence-electron chi connectivity index (χ4n) is 6.03. The largest absolute Gasteiger partial charge is 0.0599 e. The maximum Gasteiger partial charge on any atom is -0.0277 e. The van der Waals surface area contributed by atoms with Crippen LogP contribution in [0, 0.1) is 28.1 Å². The van der Waals surface area contributed by atoms with Gasteiger partial charge in [-0.15, -0.1) is 0 Å². The third-order valence-electron chi connectivity index (χ3n) is 5.19. The van der Waals surface area contributed by atoms with Gasteiger partial charge in [-0.05, 0) is 53.8 Å². The minimum atomic E-state index is 0.616. The van der Waals surface area contributed by atoms with E-state index in [2.05, 4.69) is 27.7 Å². The van der Waals surface area contributed by atoms with E-state index >= 15 is 0 Å². The minimum absolute atomic E-state index is 0.616. The van der Waals surface area contributed by atoms with Gasteiger partial charge < -0.3 is 0 Å². The first-order valence-electron chi connectivity index (χ1n) is 5.85. The van der Waals surface area contributed by atoms with Gasteiger partial charge in [0.15, 0.2) is 0 Å². The Hall–Kier alpha value is 0. The van der Waals surface area contributed by atoms with Crippen molar-refractivity contribution in [2.24, 2.45) is 28.1 Å². The summed E-state index contributed by atoms with van der Waals surface area (Å²) in [6, 6.07) is 0. The standard InChI is InChI=1S/C13H22/c1-11(2)7-12(3)5-9-6-13(4,8-11)10(9)12/h9-10H,5-8H2,1-4H3. The number of rotatable bonds is 0. The van der Waals surface area contributed by atoms with Crippen LogP contribution >= 0.6 is 0 Å². The van der Waals surface area contributed by atoms with Gasteiger partial charge in [0.2, 0.25) is 0 Å². The molecule has 13 heavy (non-hydrogen) atoms. The zero-order valence-electron chi connectivity index (χ0n) is 9.48. The SMILES string of the molecule is CC1(C)CC2(C)CC3CC(C)(C1)C32. The molecular formula is C13H22. The predicted molar refractivity (Wildman–Crippen MR) is 55.4 cm³/mol. The van der Waals surface area contributed by atoms with Crippen molar-refractivity contribution in [3.8, 4) is 0 Å². The van der Waals surface area contributed by atoms with E-state index in [1.807, 2.05) is 0 Å². The van der Waals surface area contributed by atoms with Gasteiger partial charge in [-0.25, -0.2) is 0 Å². The minimum Gasteiger partial charge on any atom is -0.0599 e. The van der Waals surface area contributed by atoms with Gasteiger partial charge in [0.1, 0.15) is 0 Å². The van der Waals surface area contributed by atoms with Gasteiger partial charge in [0, 0.05) is 0 Å². The van der Waals surface area contributed by atoms with Crippen LogP contribution in [0.1, 0.15) is 53.4 Å². The van der Waals surface area contributed by atoms with Crippen molar-refractivity contribution in [3.63, 3.8) is 0 Å². The van der Waals surface area contributed by atoms with E-state index < -0.39 is 0 Å². The molecule has 0 bridgehead atoms. The van der Waals surface area contributed by atoms with Crippen molar-refractivity contribution in [2.75, 3.05) is 0 Å². The molecule has 0 aromatic carbocycles. The zero-order chi connectivity index (χ0) is 9.48. The van der Waals surface area contributed by atoms with Gasteiger partial charge in [-0.3, -0.25) is 0 Å². The van der Waals surface area contributed by atoms with Crippen LogP contribution in [0.4, 0.5) is 0 Å². The van der Waals surface area contributed by atoms with E-state index in [0.29, 0.717) is 5.41 Å². The van der Waals surface area contributed by atoms with Crippen molar-refractivity contribution in [3.05, 3.63) is 0 Å². The Kier molecular flexibility index (Phi) is 1.19. The van der Waals surface area contributed by atoms with E-state index in [0.717, 1.165) is 22.7 Å². The highest BCUT2D eigenvalue weighted by Gasteiger charge is 2.69. The fraction of sp³-hybridized carbons (Fsp3) is 1.00. The Morgan fingerprint density at radius 2 is 1.31 bits per heavy atom. The molecule has 74 valence electrons. The molecule has 0 radical (unpaired) electrons. The summed E-state index contributed by atoms with van der Waals surface area (Å²) in [7, 11) is 0. The molecule has 0 amide bonds. The molecule has 0 N–H and O–H groups in total. The third kappa shape index (κ3) is 0.831. The van der Waals surface area contributed by atoms with Gasteiger partial charge in [-0.2, -0.15) is 0 Å². The Bertz CT molecular complexity index is 241. The van der Waals surface area contributed by atoms with Gasteiger partial charge in [-0.1, -0.05) is 27.7 Å². The molecule has 3 saturated carbocycles. The smallest absolute Gasteiger partial charge is 0.0277 e. The Morgan fingerprint density at radius 1 is 0.846 bits per heavy atom. The normalized spacial score (nSPS) is 61.8. The van der Waals surface area contributed by atoms with Crippen LogP contribution in [0.2, 0.25) is 0 Å². The highest BCUT2D eigenvalue weighted by Crippen LogP contribution is 2.78. The molecule has 2 unspecified atom stereocenters. The first kappa shape index (κ1) is 8.32. The van der Waals surface area contributed by atoms with Gasteiger partial charge in [0.25, 0.3) is 0 Å². The van der Waals surface area contributed by atoms with Gasteiger partial charge in [0.05, 0.1) is 0 Å². The molecule has 0 heteroatoms. The van der Waals surface area contributed by atoms with E-state index in [4.69, 9.17) is 0 Å². The van der Waals surface area contributed by atoms with Crippen LogP contribution in [-0.2, 0) is 0 Å². The van der Waals surface area contributed by atoms with Crippen LogP contribution < -0.4 is 0 Å². The maximum absolute atomic E-state index is 2.55. The van der Waals surface area contributed by atoms with Crippen LogP contribution in [0.3, 0.4) is 0 Å². The summed E-state index contributed by atoms with van der Waals surface area (Å²) in [5.41, 5.74) is 2.09. The molecular weight excluding hydrogens is 156 g/mol. The quantitative estimate of drug-likeness (QED) is 0.528. The molecule has 0 nitrogen and oxygen atoms in total. The highest BCUT2D eigenvalue weighted by molar-refractivity contribution is 5.18.